The van der Waals surface area contributed by atoms with Crippen LogP contribution < -0.4 is 4.74 Å². The topological polar surface area (TPSA) is 36.0 Å². The van der Waals surface area contributed by atoms with Crippen molar-refractivity contribution in [3.63, 3.8) is 0 Å². The first-order valence-corrected chi connectivity index (χ1v) is 11.5. The highest BCUT2D eigenvalue weighted by Crippen LogP contribution is 2.24. The Bertz CT molecular complexity index is 874. The van der Waals surface area contributed by atoms with Gasteiger partial charge in [0.2, 0.25) is 5.91 Å². The highest BCUT2D eigenvalue weighted by Gasteiger charge is 2.25. The summed E-state index contributed by atoms with van der Waals surface area (Å²) in [6.45, 7) is 5.11. The van der Waals surface area contributed by atoms with Crippen LogP contribution in [-0.2, 0) is 17.8 Å². The van der Waals surface area contributed by atoms with E-state index in [9.17, 15) is 9.18 Å². The summed E-state index contributed by atoms with van der Waals surface area (Å²) in [5.74, 6) is 1.12. The summed E-state index contributed by atoms with van der Waals surface area (Å²) in [6, 6.07) is 14.5. The Labute approximate surface area is 191 Å². The fourth-order valence-corrected chi connectivity index (χ4v) is 4.40. The Kier molecular flexibility index (Phi) is 9.06. The zero-order chi connectivity index (χ0) is 22.9. The Hall–Kier alpha value is -2.44. The van der Waals surface area contributed by atoms with Crippen molar-refractivity contribution in [3.8, 4) is 5.75 Å². The van der Waals surface area contributed by atoms with Crippen LogP contribution in [0.5, 0.6) is 5.75 Å². The van der Waals surface area contributed by atoms with Gasteiger partial charge in [-0.3, -0.25) is 9.69 Å². The van der Waals surface area contributed by atoms with Crippen molar-refractivity contribution in [2.45, 2.75) is 25.8 Å². The number of nitrogens with zero attached hydrogens (tertiary/aromatic N) is 3. The Morgan fingerprint density at radius 1 is 1.16 bits per heavy atom. The molecule has 0 N–H and O–H groups in total. The number of halogens is 1. The lowest BCUT2D eigenvalue weighted by atomic mass is 9.96. The number of benzene rings is 2. The molecule has 1 atom stereocenters. The van der Waals surface area contributed by atoms with Gasteiger partial charge in [0, 0.05) is 38.3 Å². The van der Waals surface area contributed by atoms with Gasteiger partial charge in [0.25, 0.3) is 0 Å². The molecule has 6 heteroatoms. The van der Waals surface area contributed by atoms with Gasteiger partial charge in [0.1, 0.15) is 11.6 Å². The molecule has 0 aromatic heterocycles. The van der Waals surface area contributed by atoms with E-state index in [2.05, 4.69) is 15.9 Å². The second-order valence-corrected chi connectivity index (χ2v) is 9.00. The molecule has 1 saturated heterocycles. The number of carbonyl (C=O) groups excluding carboxylic acids is 1. The minimum atomic E-state index is -0.297. The average molecular weight is 442 g/mol. The van der Waals surface area contributed by atoms with E-state index in [4.69, 9.17) is 4.74 Å². The minimum Gasteiger partial charge on any atom is -0.496 e. The van der Waals surface area contributed by atoms with Gasteiger partial charge < -0.3 is 14.5 Å². The first-order chi connectivity index (χ1) is 15.4. The smallest absolute Gasteiger partial charge is 0.227 e. The number of rotatable bonds is 10. The van der Waals surface area contributed by atoms with Crippen molar-refractivity contribution < 1.29 is 13.9 Å². The number of ether oxygens (including phenoxy) is 1. The van der Waals surface area contributed by atoms with E-state index in [-0.39, 0.29) is 18.1 Å². The van der Waals surface area contributed by atoms with Crippen LogP contribution >= 0.6 is 0 Å². The van der Waals surface area contributed by atoms with Crippen molar-refractivity contribution in [1.82, 2.24) is 14.7 Å². The summed E-state index contributed by atoms with van der Waals surface area (Å²) in [5.41, 5.74) is 1.92. The van der Waals surface area contributed by atoms with Gasteiger partial charge in [-0.2, -0.15) is 0 Å². The number of piperidine rings is 1. The van der Waals surface area contributed by atoms with Crippen LogP contribution in [0.2, 0.25) is 0 Å². The number of hydrogen-bond donors (Lipinski definition) is 0. The van der Waals surface area contributed by atoms with Gasteiger partial charge in [-0.15, -0.1) is 0 Å². The monoisotopic (exact) mass is 441 g/mol. The van der Waals surface area contributed by atoms with E-state index in [1.807, 2.05) is 43.3 Å². The van der Waals surface area contributed by atoms with Gasteiger partial charge >= 0.3 is 0 Å². The summed E-state index contributed by atoms with van der Waals surface area (Å²) in [5, 5.41) is 0. The first-order valence-electron chi connectivity index (χ1n) is 11.5. The molecular weight excluding hydrogens is 405 g/mol. The van der Waals surface area contributed by atoms with E-state index in [1.54, 1.807) is 13.2 Å². The lowest BCUT2D eigenvalue weighted by Gasteiger charge is -2.36. The molecule has 32 heavy (non-hydrogen) atoms. The van der Waals surface area contributed by atoms with Crippen LogP contribution in [0.1, 0.15) is 24.0 Å². The fraction of sp³-hybridized carbons (Fsp3) is 0.500. The minimum absolute atomic E-state index is 0.0688. The molecule has 0 spiro atoms. The quantitative estimate of drug-likeness (QED) is 0.564. The number of hydrogen-bond acceptors (Lipinski definition) is 4. The van der Waals surface area contributed by atoms with Crippen LogP contribution in [0, 0.1) is 11.7 Å². The fourth-order valence-electron chi connectivity index (χ4n) is 4.40. The molecule has 1 aliphatic rings. The lowest BCUT2D eigenvalue weighted by molar-refractivity contribution is -0.131. The molecule has 0 aliphatic carbocycles. The highest BCUT2D eigenvalue weighted by molar-refractivity contribution is 5.78. The number of carbonyl (C=O) groups is 1. The van der Waals surface area contributed by atoms with Gasteiger partial charge in [0.05, 0.1) is 13.5 Å². The van der Waals surface area contributed by atoms with Crippen molar-refractivity contribution >= 4 is 5.91 Å². The molecule has 3 rings (SSSR count). The molecule has 0 unspecified atom stereocenters. The average Bonchev–Trinajstić information content (AvgIpc) is 2.77. The Morgan fingerprint density at radius 2 is 1.97 bits per heavy atom. The second kappa shape index (κ2) is 12.0. The number of likely N-dealkylation sites (tertiary alicyclic amines) is 1. The molecule has 5 nitrogen and oxygen atoms in total. The molecule has 0 radical (unpaired) electrons. The van der Waals surface area contributed by atoms with E-state index in [1.165, 1.54) is 17.7 Å². The summed E-state index contributed by atoms with van der Waals surface area (Å²) in [6.07, 6.45) is 2.48. The number of likely N-dealkylation sites (N-methyl/N-ethyl adjacent to an activating group) is 1. The predicted molar refractivity (Wildman–Crippen MR) is 126 cm³/mol. The molecule has 2 aromatic carbocycles. The predicted octanol–water partition coefficient (Wildman–Crippen LogP) is 3.68. The molecule has 1 fully saturated rings. The van der Waals surface area contributed by atoms with Crippen LogP contribution in [0.15, 0.2) is 48.5 Å². The van der Waals surface area contributed by atoms with E-state index >= 15 is 0 Å². The molecular formula is C26H36FN3O2. The molecule has 0 saturated carbocycles. The maximum absolute atomic E-state index is 13.6. The maximum atomic E-state index is 13.6. The zero-order valence-electron chi connectivity index (χ0n) is 19.6. The number of para-hydroxylation sites is 1. The zero-order valence-corrected chi connectivity index (χ0v) is 19.6. The number of amides is 1. The van der Waals surface area contributed by atoms with E-state index < -0.39 is 0 Å². The van der Waals surface area contributed by atoms with Crippen LogP contribution in [0.3, 0.4) is 0 Å². The summed E-state index contributed by atoms with van der Waals surface area (Å²) >= 11 is 0. The molecule has 1 amide bonds. The Morgan fingerprint density at radius 3 is 2.72 bits per heavy atom. The van der Waals surface area contributed by atoms with Crippen LogP contribution in [0.25, 0.3) is 0 Å². The van der Waals surface area contributed by atoms with Crippen molar-refractivity contribution in [3.05, 3.63) is 65.5 Å². The van der Waals surface area contributed by atoms with Crippen molar-refractivity contribution in [2.24, 2.45) is 5.92 Å². The largest absolute Gasteiger partial charge is 0.496 e. The van der Waals surface area contributed by atoms with E-state index in [0.717, 1.165) is 56.9 Å². The third kappa shape index (κ3) is 7.31. The molecule has 1 heterocycles. The van der Waals surface area contributed by atoms with Crippen molar-refractivity contribution in [1.29, 1.82) is 0 Å². The lowest BCUT2D eigenvalue weighted by Crippen LogP contribution is -2.45. The number of methoxy groups -OCH3 is 1. The molecule has 174 valence electrons. The van der Waals surface area contributed by atoms with Gasteiger partial charge in [-0.05, 0) is 63.2 Å². The third-order valence-corrected chi connectivity index (χ3v) is 6.08. The summed E-state index contributed by atoms with van der Waals surface area (Å²) in [4.78, 5) is 19.7. The maximum Gasteiger partial charge on any atom is 0.227 e. The third-order valence-electron chi connectivity index (χ3n) is 6.08. The first kappa shape index (κ1) is 24.2. The van der Waals surface area contributed by atoms with Crippen LogP contribution in [0.4, 0.5) is 4.39 Å². The second-order valence-electron chi connectivity index (χ2n) is 9.00. The SMILES string of the molecule is COc1ccccc1CN1CCC[C@H](CN(CCN(C)C)C(=O)Cc2cccc(F)c2)C1. The van der Waals surface area contributed by atoms with Gasteiger partial charge in [0.15, 0.2) is 0 Å². The van der Waals surface area contributed by atoms with Crippen molar-refractivity contribution in [2.75, 3.05) is 53.9 Å². The molecule has 0 bridgehead atoms. The van der Waals surface area contributed by atoms with Gasteiger partial charge in [-0.1, -0.05) is 30.3 Å². The summed E-state index contributed by atoms with van der Waals surface area (Å²) in [7, 11) is 5.75. The summed E-state index contributed by atoms with van der Waals surface area (Å²) < 4.78 is 19.1. The molecule has 1 aliphatic heterocycles. The highest BCUT2D eigenvalue weighted by atomic mass is 19.1. The normalized spacial score (nSPS) is 16.8. The van der Waals surface area contributed by atoms with Crippen LogP contribution in [-0.4, -0.2) is 74.5 Å². The molecule has 2 aromatic rings. The standard InChI is InChI=1S/C26H36FN3O2/c1-28(2)14-15-30(26(31)17-21-8-6-11-24(27)16-21)19-22-9-7-13-29(18-22)20-23-10-4-5-12-25(23)32-3/h4-6,8,10-12,16,22H,7,9,13-15,17-20H2,1-3H3/t22-/m0/s1. The Balaban J connectivity index is 1.63. The van der Waals surface area contributed by atoms with Gasteiger partial charge in [-0.25, -0.2) is 4.39 Å². The van der Waals surface area contributed by atoms with E-state index in [0.29, 0.717) is 12.5 Å².